The van der Waals surface area contributed by atoms with Crippen molar-refractivity contribution in [3.63, 3.8) is 0 Å². The van der Waals surface area contributed by atoms with Crippen molar-refractivity contribution in [3.8, 4) is 0 Å². The topological polar surface area (TPSA) is 0 Å². The summed E-state index contributed by atoms with van der Waals surface area (Å²) in [6.07, 6.45) is -14.0. The van der Waals surface area contributed by atoms with Gasteiger partial charge in [0.1, 0.15) is 0 Å². The maximum absolute atomic E-state index is 12.4. The molecule has 0 aromatic carbocycles. The van der Waals surface area contributed by atoms with Crippen molar-refractivity contribution < 1.29 is 39.5 Å². The van der Waals surface area contributed by atoms with Crippen molar-refractivity contribution in [2.75, 3.05) is 0 Å². The van der Waals surface area contributed by atoms with Crippen molar-refractivity contribution >= 4 is 11.6 Å². The molecule has 0 aliphatic heterocycles. The zero-order chi connectivity index (χ0) is 13.4. The van der Waals surface area contributed by atoms with Crippen LogP contribution in [0.4, 0.5) is 39.5 Å². The highest BCUT2D eigenvalue weighted by molar-refractivity contribution is 6.24. The molecule has 1 atom stereocenters. The van der Waals surface area contributed by atoms with E-state index in [1.165, 1.54) is 0 Å². The SMILES string of the molecule is FC(F)(F)C=CC(F)(F)C(F)(Cl)C(F)(F)F. The molecule has 0 fully saturated rings. The zero-order valence-electron chi connectivity index (χ0n) is 6.93. The van der Waals surface area contributed by atoms with Gasteiger partial charge in [0.05, 0.1) is 0 Å². The molecule has 0 nitrogen and oxygen atoms in total. The number of hydrogen-bond acceptors (Lipinski definition) is 0. The Morgan fingerprint density at radius 2 is 1.06 bits per heavy atom. The lowest BCUT2D eigenvalue weighted by Gasteiger charge is -2.27. The van der Waals surface area contributed by atoms with Gasteiger partial charge in [0.2, 0.25) is 0 Å². The lowest BCUT2D eigenvalue weighted by Crippen LogP contribution is -2.50. The lowest BCUT2D eigenvalue weighted by atomic mass is 10.1. The molecule has 0 saturated carbocycles. The molecule has 0 bridgehead atoms. The molecule has 0 amide bonds. The van der Waals surface area contributed by atoms with Crippen LogP contribution in [0.15, 0.2) is 12.2 Å². The van der Waals surface area contributed by atoms with E-state index in [0.717, 1.165) is 0 Å². The van der Waals surface area contributed by atoms with E-state index in [9.17, 15) is 39.5 Å². The number of halogens is 10. The van der Waals surface area contributed by atoms with E-state index in [-0.39, 0.29) is 0 Å². The number of alkyl halides is 10. The highest BCUT2D eigenvalue weighted by Crippen LogP contribution is 2.49. The van der Waals surface area contributed by atoms with Crippen LogP contribution in [0.25, 0.3) is 0 Å². The summed E-state index contributed by atoms with van der Waals surface area (Å²) in [5, 5.41) is -5.60. The van der Waals surface area contributed by atoms with Crippen molar-refractivity contribution in [2.45, 2.75) is 23.4 Å². The van der Waals surface area contributed by atoms with Crippen molar-refractivity contribution in [1.82, 2.24) is 0 Å². The van der Waals surface area contributed by atoms with Gasteiger partial charge in [-0.2, -0.15) is 35.1 Å². The Morgan fingerprint density at radius 1 is 0.688 bits per heavy atom. The van der Waals surface area contributed by atoms with Crippen LogP contribution in [0.2, 0.25) is 0 Å². The van der Waals surface area contributed by atoms with Crippen molar-refractivity contribution in [3.05, 3.63) is 12.2 Å². The van der Waals surface area contributed by atoms with Crippen LogP contribution in [0.1, 0.15) is 0 Å². The van der Waals surface area contributed by atoms with Crippen LogP contribution >= 0.6 is 11.6 Å². The second-order valence-corrected chi connectivity index (χ2v) is 3.09. The third-order valence-electron chi connectivity index (χ3n) is 1.26. The smallest absolute Gasteiger partial charge is 0.209 e. The molecule has 0 radical (unpaired) electrons. The summed E-state index contributed by atoms with van der Waals surface area (Å²) in [7, 11) is 0. The standard InChI is InChI=1S/C6H2ClF9/c7-5(13,6(14,15)16)3(8,9)1-2-4(10,11)12/h1-2H. The number of allylic oxidation sites excluding steroid dienone is 2. The quantitative estimate of drug-likeness (QED) is 0.404. The van der Waals surface area contributed by atoms with Gasteiger partial charge in [0, 0.05) is 6.08 Å². The summed E-state index contributed by atoms with van der Waals surface area (Å²) in [6, 6.07) is 0. The van der Waals surface area contributed by atoms with Crippen LogP contribution in [0, 0.1) is 0 Å². The molecule has 1 unspecified atom stereocenters. The molecule has 0 heterocycles. The Hall–Kier alpha value is -0.600. The molecule has 10 heteroatoms. The van der Waals surface area contributed by atoms with Gasteiger partial charge < -0.3 is 0 Å². The summed E-state index contributed by atoms with van der Waals surface area (Å²) in [5.74, 6) is -5.54. The molecule has 0 aromatic rings. The van der Waals surface area contributed by atoms with E-state index in [2.05, 4.69) is 11.6 Å². The first-order valence-corrected chi connectivity index (χ1v) is 3.68. The highest BCUT2D eigenvalue weighted by atomic mass is 35.5. The molecule has 96 valence electrons. The first-order valence-electron chi connectivity index (χ1n) is 3.30. The number of hydrogen-bond donors (Lipinski definition) is 0. The molecular formula is C6H2ClF9. The minimum absolute atomic E-state index is 1.23. The predicted molar refractivity (Wildman–Crippen MR) is 35.9 cm³/mol. The van der Waals surface area contributed by atoms with Crippen LogP contribution < -0.4 is 0 Å². The van der Waals surface area contributed by atoms with Gasteiger partial charge in [-0.3, -0.25) is 0 Å². The minimum Gasteiger partial charge on any atom is -0.209 e. The molecule has 0 aliphatic carbocycles. The molecule has 0 N–H and O–H groups in total. The van der Waals surface area contributed by atoms with Crippen molar-refractivity contribution in [2.24, 2.45) is 0 Å². The summed E-state index contributed by atoms with van der Waals surface area (Å²) in [5.41, 5.74) is 0. The Labute approximate surface area is 87.7 Å². The Bertz CT molecular complexity index is 271. The summed E-state index contributed by atoms with van der Waals surface area (Å²) >= 11 is 3.87. The summed E-state index contributed by atoms with van der Waals surface area (Å²) in [6.45, 7) is 0. The second kappa shape index (κ2) is 4.01. The predicted octanol–water partition coefficient (Wildman–Crippen LogP) is 4.21. The van der Waals surface area contributed by atoms with Gasteiger partial charge in [0.25, 0.3) is 0 Å². The van der Waals surface area contributed by atoms with Gasteiger partial charge in [-0.25, -0.2) is 4.39 Å². The Morgan fingerprint density at radius 3 is 1.31 bits per heavy atom. The normalized spacial score (nSPS) is 18.9. The first-order chi connectivity index (χ1) is 6.71. The molecule has 0 aromatic heterocycles. The zero-order valence-corrected chi connectivity index (χ0v) is 7.69. The highest BCUT2D eigenvalue weighted by Gasteiger charge is 2.69. The molecule has 0 aliphatic rings. The van der Waals surface area contributed by atoms with Gasteiger partial charge in [-0.05, 0) is 6.08 Å². The van der Waals surface area contributed by atoms with E-state index in [1.807, 2.05) is 0 Å². The molecule has 0 rings (SSSR count). The maximum atomic E-state index is 12.4. The van der Waals surface area contributed by atoms with Gasteiger partial charge in [-0.15, -0.1) is 0 Å². The van der Waals surface area contributed by atoms with Crippen LogP contribution in [0.5, 0.6) is 0 Å². The third kappa shape index (κ3) is 3.46. The fourth-order valence-corrected chi connectivity index (χ4v) is 0.556. The fraction of sp³-hybridized carbons (Fsp3) is 0.667. The van der Waals surface area contributed by atoms with Gasteiger partial charge in [0.15, 0.2) is 0 Å². The molecule has 0 saturated heterocycles. The molecule has 16 heavy (non-hydrogen) atoms. The van der Waals surface area contributed by atoms with Crippen LogP contribution in [-0.2, 0) is 0 Å². The minimum atomic E-state index is -6.21. The molecular weight excluding hydrogens is 279 g/mol. The van der Waals surface area contributed by atoms with E-state index >= 15 is 0 Å². The van der Waals surface area contributed by atoms with Gasteiger partial charge in [-0.1, -0.05) is 11.6 Å². The summed E-state index contributed by atoms with van der Waals surface area (Å²) < 4.78 is 106. The van der Waals surface area contributed by atoms with E-state index in [1.54, 1.807) is 0 Å². The summed E-state index contributed by atoms with van der Waals surface area (Å²) in [4.78, 5) is 0. The first kappa shape index (κ1) is 15.4. The Kier molecular flexibility index (Phi) is 3.86. The second-order valence-electron chi connectivity index (χ2n) is 2.57. The van der Waals surface area contributed by atoms with Gasteiger partial charge >= 0.3 is 23.4 Å². The largest absolute Gasteiger partial charge is 0.443 e. The van der Waals surface area contributed by atoms with E-state index in [0.29, 0.717) is 0 Å². The Balaban J connectivity index is 5.15. The van der Waals surface area contributed by atoms with Crippen molar-refractivity contribution in [1.29, 1.82) is 0 Å². The number of rotatable bonds is 2. The fourth-order valence-electron chi connectivity index (χ4n) is 0.493. The van der Waals surface area contributed by atoms with Crippen LogP contribution in [0.3, 0.4) is 0 Å². The van der Waals surface area contributed by atoms with E-state index < -0.39 is 35.6 Å². The lowest BCUT2D eigenvalue weighted by molar-refractivity contribution is -0.252. The average molecular weight is 281 g/mol. The third-order valence-corrected chi connectivity index (χ3v) is 1.72. The monoisotopic (exact) mass is 280 g/mol. The van der Waals surface area contributed by atoms with Crippen LogP contribution in [-0.4, -0.2) is 23.4 Å². The van der Waals surface area contributed by atoms with E-state index in [4.69, 9.17) is 0 Å². The maximum Gasteiger partial charge on any atom is 0.443 e. The average Bonchev–Trinajstić information content (AvgIpc) is 1.97. The molecule has 0 spiro atoms.